The number of rotatable bonds is 63. The van der Waals surface area contributed by atoms with Gasteiger partial charge in [0, 0.05) is 25.7 Å². The van der Waals surface area contributed by atoms with E-state index in [-0.39, 0.29) is 25.7 Å². The smallest absolute Gasteiger partial charge is 0.462 e. The first-order valence-electron chi connectivity index (χ1n) is 33.8. The van der Waals surface area contributed by atoms with Crippen LogP contribution in [0.15, 0.2) is 0 Å². The largest absolute Gasteiger partial charge is 0.472 e. The summed E-state index contributed by atoms with van der Waals surface area (Å²) in [7, 11) is -9.88. The highest BCUT2D eigenvalue weighted by molar-refractivity contribution is 7.47. The number of hydrogen-bond donors (Lipinski definition) is 3. The molecule has 498 valence electrons. The quantitative estimate of drug-likeness (QED) is 0.0222. The van der Waals surface area contributed by atoms with Crippen LogP contribution in [0, 0.1) is 17.8 Å². The van der Waals surface area contributed by atoms with Gasteiger partial charge in [0.05, 0.1) is 26.4 Å². The molecule has 0 saturated heterocycles. The normalized spacial score (nSPS) is 14.3. The van der Waals surface area contributed by atoms with E-state index in [1.54, 1.807) is 0 Å². The molecule has 0 aromatic heterocycles. The van der Waals surface area contributed by atoms with E-state index in [4.69, 9.17) is 37.0 Å². The molecule has 0 aliphatic rings. The Labute approximate surface area is 511 Å². The van der Waals surface area contributed by atoms with Crippen LogP contribution in [0.1, 0.15) is 318 Å². The van der Waals surface area contributed by atoms with Gasteiger partial charge < -0.3 is 33.8 Å². The Hall–Kier alpha value is -1.94. The summed E-state index contributed by atoms with van der Waals surface area (Å²) >= 11 is 0. The Bertz CT molecular complexity index is 1660. The van der Waals surface area contributed by atoms with Gasteiger partial charge in [-0.05, 0) is 43.4 Å². The molecule has 19 heteroatoms. The number of hydrogen-bond acceptors (Lipinski definition) is 15. The summed E-state index contributed by atoms with van der Waals surface area (Å²) in [5.41, 5.74) is 0. The number of phosphoric ester groups is 2. The van der Waals surface area contributed by atoms with Crippen molar-refractivity contribution in [3.8, 4) is 0 Å². The highest BCUT2D eigenvalue weighted by atomic mass is 31.2. The third kappa shape index (κ3) is 59.0. The minimum absolute atomic E-state index is 0.102. The lowest BCUT2D eigenvalue weighted by Crippen LogP contribution is -2.30. The van der Waals surface area contributed by atoms with Gasteiger partial charge in [-0.3, -0.25) is 37.3 Å². The first-order valence-corrected chi connectivity index (χ1v) is 36.8. The Balaban J connectivity index is 5.14. The molecule has 0 radical (unpaired) electrons. The second-order valence-electron chi connectivity index (χ2n) is 24.9. The van der Waals surface area contributed by atoms with Gasteiger partial charge in [0.15, 0.2) is 12.2 Å². The second kappa shape index (κ2) is 56.3. The number of ether oxygens (including phenoxy) is 4. The third-order valence-corrected chi connectivity index (χ3v) is 16.8. The van der Waals surface area contributed by atoms with Crippen LogP contribution >= 0.6 is 15.6 Å². The molecule has 0 saturated carbocycles. The Morgan fingerprint density at radius 1 is 0.321 bits per heavy atom. The topological polar surface area (TPSA) is 237 Å². The SMILES string of the molecule is CCCCCCCC(=O)OC[C@H](COP(=O)(O)OC[C@H](O)COP(=O)(O)OC[C@@H](COC(=O)CCCCCCCCCCC(C)C)OC(=O)CCCCCCCCCCCCCCCCCC(C)C)OC(=O)CCCCCCCCCC(C)C. The molecular formula is C65H126O17P2. The number of aliphatic hydroxyl groups excluding tert-OH is 1. The number of phosphoric acid groups is 2. The molecule has 0 bridgehead atoms. The van der Waals surface area contributed by atoms with Gasteiger partial charge in [0.1, 0.15) is 19.3 Å². The molecule has 5 atom stereocenters. The minimum atomic E-state index is -4.95. The van der Waals surface area contributed by atoms with Crippen molar-refractivity contribution in [3.63, 3.8) is 0 Å². The number of carbonyl (C=O) groups excluding carboxylic acids is 4. The minimum Gasteiger partial charge on any atom is -0.462 e. The summed E-state index contributed by atoms with van der Waals surface area (Å²) in [5.74, 6) is 0.0778. The van der Waals surface area contributed by atoms with Crippen molar-refractivity contribution in [2.75, 3.05) is 39.6 Å². The zero-order chi connectivity index (χ0) is 62.4. The van der Waals surface area contributed by atoms with Crippen LogP contribution in [-0.4, -0.2) is 96.7 Å². The number of esters is 4. The number of carbonyl (C=O) groups is 4. The summed E-state index contributed by atoms with van der Waals surface area (Å²) in [6, 6.07) is 0. The molecule has 2 unspecified atom stereocenters. The summed E-state index contributed by atoms with van der Waals surface area (Å²) < 4.78 is 67.8. The number of aliphatic hydroxyl groups is 1. The van der Waals surface area contributed by atoms with Crippen molar-refractivity contribution in [3.05, 3.63) is 0 Å². The van der Waals surface area contributed by atoms with E-state index in [2.05, 4.69) is 48.5 Å². The first-order chi connectivity index (χ1) is 40.2. The average molecular weight is 1240 g/mol. The molecular weight excluding hydrogens is 1110 g/mol. The zero-order valence-corrected chi connectivity index (χ0v) is 56.1. The Morgan fingerprint density at radius 3 is 0.810 bits per heavy atom. The van der Waals surface area contributed by atoms with Crippen molar-refractivity contribution in [2.45, 2.75) is 336 Å². The summed E-state index contributed by atoms with van der Waals surface area (Å²) in [4.78, 5) is 72.0. The van der Waals surface area contributed by atoms with Crippen molar-refractivity contribution in [1.29, 1.82) is 0 Å². The molecule has 0 fully saturated rings. The van der Waals surface area contributed by atoms with E-state index < -0.39 is 97.5 Å². The maximum Gasteiger partial charge on any atom is 0.472 e. The molecule has 17 nitrogen and oxygen atoms in total. The van der Waals surface area contributed by atoms with Gasteiger partial charge >= 0.3 is 39.5 Å². The third-order valence-electron chi connectivity index (χ3n) is 14.9. The maximum absolute atomic E-state index is 13.0. The van der Waals surface area contributed by atoms with Crippen LogP contribution in [0.5, 0.6) is 0 Å². The molecule has 0 rings (SSSR count). The Kier molecular flexibility index (Phi) is 55.0. The lowest BCUT2D eigenvalue weighted by atomic mass is 10.0. The molecule has 3 N–H and O–H groups in total. The Morgan fingerprint density at radius 2 is 0.548 bits per heavy atom. The van der Waals surface area contributed by atoms with Gasteiger partial charge in [0.2, 0.25) is 0 Å². The molecule has 0 aromatic rings. The van der Waals surface area contributed by atoms with Gasteiger partial charge in [-0.2, -0.15) is 0 Å². The standard InChI is InChI=1S/C65H126O17P2/c1-8-9-10-29-39-46-62(67)75-52-60(81-65(70)49-42-35-28-22-25-32-38-45-58(6)7)54-79-83(71,72)77-50-59(66)51-78-84(73,74)80-55-61(53-76-63(68)47-40-33-26-21-20-24-31-37-44-57(4)5)82-64(69)48-41-34-27-19-17-15-13-11-12-14-16-18-23-30-36-43-56(2)3/h56-61,66H,8-55H2,1-7H3,(H,71,72)(H,73,74)/t59-,60+,61+/m0/s1. The average Bonchev–Trinajstić information content (AvgIpc) is 3.58. The van der Waals surface area contributed by atoms with Gasteiger partial charge in [-0.15, -0.1) is 0 Å². The molecule has 0 spiro atoms. The van der Waals surface area contributed by atoms with E-state index >= 15 is 0 Å². The van der Waals surface area contributed by atoms with Crippen molar-refractivity contribution >= 4 is 39.5 Å². The van der Waals surface area contributed by atoms with Crippen molar-refractivity contribution < 1.29 is 80.2 Å². The first kappa shape index (κ1) is 82.1. The predicted octanol–water partition coefficient (Wildman–Crippen LogP) is 17.9. The van der Waals surface area contributed by atoms with Crippen LogP contribution in [0.3, 0.4) is 0 Å². The van der Waals surface area contributed by atoms with E-state index in [0.717, 1.165) is 108 Å². The molecule has 84 heavy (non-hydrogen) atoms. The van der Waals surface area contributed by atoms with E-state index in [0.29, 0.717) is 31.6 Å². The van der Waals surface area contributed by atoms with Gasteiger partial charge in [0.25, 0.3) is 0 Å². The summed E-state index contributed by atoms with van der Waals surface area (Å²) in [6.45, 7) is 11.6. The van der Waals surface area contributed by atoms with Crippen molar-refractivity contribution in [2.24, 2.45) is 17.8 Å². The molecule has 0 amide bonds. The van der Waals surface area contributed by atoms with E-state index in [1.807, 2.05) is 0 Å². The van der Waals surface area contributed by atoms with Gasteiger partial charge in [-0.1, -0.05) is 267 Å². The van der Waals surface area contributed by atoms with Crippen molar-refractivity contribution in [1.82, 2.24) is 0 Å². The summed E-state index contributed by atoms with van der Waals surface area (Å²) in [5, 5.41) is 10.5. The summed E-state index contributed by atoms with van der Waals surface area (Å²) in [6.07, 6.45) is 38.1. The lowest BCUT2D eigenvalue weighted by Gasteiger charge is -2.21. The van der Waals surface area contributed by atoms with Crippen LogP contribution < -0.4 is 0 Å². The lowest BCUT2D eigenvalue weighted by molar-refractivity contribution is -0.161. The fourth-order valence-electron chi connectivity index (χ4n) is 9.66. The molecule has 0 aliphatic heterocycles. The van der Waals surface area contributed by atoms with Gasteiger partial charge in [-0.25, -0.2) is 9.13 Å². The maximum atomic E-state index is 13.0. The monoisotopic (exact) mass is 1240 g/mol. The van der Waals surface area contributed by atoms with E-state index in [1.165, 1.54) is 122 Å². The molecule has 0 aromatic carbocycles. The molecule has 0 aliphatic carbocycles. The fourth-order valence-corrected chi connectivity index (χ4v) is 11.2. The number of unbranched alkanes of at least 4 members (excludes halogenated alkanes) is 31. The predicted molar refractivity (Wildman–Crippen MR) is 335 cm³/mol. The molecule has 0 heterocycles. The van der Waals surface area contributed by atoms with Crippen LogP contribution in [0.25, 0.3) is 0 Å². The van der Waals surface area contributed by atoms with Crippen LogP contribution in [0.4, 0.5) is 0 Å². The van der Waals surface area contributed by atoms with E-state index in [9.17, 15) is 43.2 Å². The fraction of sp³-hybridized carbons (Fsp3) is 0.938. The zero-order valence-electron chi connectivity index (χ0n) is 54.4. The second-order valence-corrected chi connectivity index (χ2v) is 27.8. The van der Waals surface area contributed by atoms with Crippen LogP contribution in [-0.2, 0) is 65.4 Å². The highest BCUT2D eigenvalue weighted by Crippen LogP contribution is 2.45. The van der Waals surface area contributed by atoms with Crippen LogP contribution in [0.2, 0.25) is 0 Å². The highest BCUT2D eigenvalue weighted by Gasteiger charge is 2.30.